The van der Waals surface area contributed by atoms with Crippen LogP contribution >= 0.6 is 22.3 Å². The molecule has 0 fully saturated rings. The third-order valence-electron chi connectivity index (χ3n) is 3.01. The van der Waals surface area contributed by atoms with E-state index >= 15 is 0 Å². The second-order valence-electron chi connectivity index (χ2n) is 4.59. The van der Waals surface area contributed by atoms with Gasteiger partial charge in [-0.2, -0.15) is 0 Å². The zero-order valence-electron chi connectivity index (χ0n) is 11.5. The van der Waals surface area contributed by atoms with Crippen molar-refractivity contribution in [3.05, 3.63) is 29.4 Å². The van der Waals surface area contributed by atoms with E-state index < -0.39 is 9.05 Å². The summed E-state index contributed by atoms with van der Waals surface area (Å²) in [5.74, 6) is 0.507. The SMILES string of the molecule is CCCCCOc1ccc(S(=O)(=O)Cl)c2ccc(Cl)nc12. The van der Waals surface area contributed by atoms with E-state index in [0.29, 0.717) is 23.3 Å². The molecule has 21 heavy (non-hydrogen) atoms. The van der Waals surface area contributed by atoms with Crippen molar-refractivity contribution in [3.8, 4) is 5.75 Å². The first-order chi connectivity index (χ1) is 9.93. The number of ether oxygens (including phenoxy) is 1. The molecule has 0 atom stereocenters. The van der Waals surface area contributed by atoms with Gasteiger partial charge in [0, 0.05) is 16.1 Å². The molecule has 7 heteroatoms. The van der Waals surface area contributed by atoms with Gasteiger partial charge >= 0.3 is 0 Å². The summed E-state index contributed by atoms with van der Waals surface area (Å²) in [5.41, 5.74) is 0.403. The largest absolute Gasteiger partial charge is 0.491 e. The van der Waals surface area contributed by atoms with E-state index in [4.69, 9.17) is 27.0 Å². The Morgan fingerprint density at radius 3 is 2.62 bits per heavy atom. The van der Waals surface area contributed by atoms with Gasteiger partial charge in [0.25, 0.3) is 9.05 Å². The molecule has 0 amide bonds. The summed E-state index contributed by atoms with van der Waals surface area (Å²) < 4.78 is 28.9. The van der Waals surface area contributed by atoms with Crippen molar-refractivity contribution in [1.29, 1.82) is 0 Å². The van der Waals surface area contributed by atoms with E-state index in [1.165, 1.54) is 12.1 Å². The molecule has 0 saturated heterocycles. The summed E-state index contributed by atoms with van der Waals surface area (Å²) >= 11 is 5.89. The van der Waals surface area contributed by atoms with E-state index in [-0.39, 0.29) is 10.0 Å². The summed E-state index contributed by atoms with van der Waals surface area (Å²) in [5, 5.41) is 0.674. The Bertz CT molecular complexity index is 747. The summed E-state index contributed by atoms with van der Waals surface area (Å²) in [4.78, 5) is 4.17. The fourth-order valence-electron chi connectivity index (χ4n) is 2.01. The molecule has 0 saturated carbocycles. The van der Waals surface area contributed by atoms with Crippen LogP contribution in [0.25, 0.3) is 10.9 Å². The first-order valence-electron chi connectivity index (χ1n) is 6.60. The fourth-order valence-corrected chi connectivity index (χ4v) is 3.21. The van der Waals surface area contributed by atoms with Crippen molar-refractivity contribution in [1.82, 2.24) is 4.98 Å². The Hall–Kier alpha value is -1.04. The molecule has 2 aromatic rings. The molecule has 0 aliphatic heterocycles. The molecule has 0 N–H and O–H groups in total. The van der Waals surface area contributed by atoms with Crippen LogP contribution in [0.15, 0.2) is 29.2 Å². The molecule has 0 aliphatic carbocycles. The Balaban J connectivity index is 2.46. The highest BCUT2D eigenvalue weighted by Gasteiger charge is 2.17. The van der Waals surface area contributed by atoms with Gasteiger partial charge in [-0.05, 0) is 30.7 Å². The number of pyridine rings is 1. The van der Waals surface area contributed by atoms with Gasteiger partial charge in [0.15, 0.2) is 0 Å². The maximum Gasteiger partial charge on any atom is 0.261 e. The second kappa shape index (κ2) is 6.81. The summed E-state index contributed by atoms with van der Waals surface area (Å²) in [7, 11) is 1.59. The van der Waals surface area contributed by atoms with Crippen LogP contribution in [-0.2, 0) is 9.05 Å². The first kappa shape index (κ1) is 16.3. The number of hydrogen-bond acceptors (Lipinski definition) is 4. The summed E-state index contributed by atoms with van der Waals surface area (Å²) in [6.45, 7) is 2.65. The van der Waals surface area contributed by atoms with Crippen LogP contribution in [-0.4, -0.2) is 20.0 Å². The van der Waals surface area contributed by atoms with Gasteiger partial charge in [-0.25, -0.2) is 13.4 Å². The number of nitrogens with zero attached hydrogens (tertiary/aromatic N) is 1. The minimum Gasteiger partial charge on any atom is -0.491 e. The van der Waals surface area contributed by atoms with Gasteiger partial charge in [-0.3, -0.25) is 0 Å². The maximum atomic E-state index is 11.6. The van der Waals surface area contributed by atoms with Gasteiger partial charge < -0.3 is 4.74 Å². The van der Waals surface area contributed by atoms with Crippen molar-refractivity contribution in [2.24, 2.45) is 0 Å². The van der Waals surface area contributed by atoms with Gasteiger partial charge in [-0.1, -0.05) is 31.4 Å². The van der Waals surface area contributed by atoms with Crippen LogP contribution in [0.5, 0.6) is 5.75 Å². The highest BCUT2D eigenvalue weighted by molar-refractivity contribution is 8.14. The molecular weight excluding hydrogens is 333 g/mol. The molecule has 1 aromatic heterocycles. The highest BCUT2D eigenvalue weighted by atomic mass is 35.7. The van der Waals surface area contributed by atoms with Gasteiger partial charge in [0.2, 0.25) is 0 Å². The van der Waals surface area contributed by atoms with Crippen molar-refractivity contribution in [2.75, 3.05) is 6.61 Å². The quantitative estimate of drug-likeness (QED) is 0.441. The summed E-state index contributed by atoms with van der Waals surface area (Å²) in [6, 6.07) is 6.09. The lowest BCUT2D eigenvalue weighted by Crippen LogP contribution is -2.00. The Morgan fingerprint density at radius 1 is 1.19 bits per heavy atom. The molecule has 4 nitrogen and oxygen atoms in total. The molecule has 0 aliphatic rings. The topological polar surface area (TPSA) is 56.3 Å². The second-order valence-corrected chi connectivity index (χ2v) is 7.51. The van der Waals surface area contributed by atoms with E-state index in [1.807, 2.05) is 0 Å². The fraction of sp³-hybridized carbons (Fsp3) is 0.357. The first-order valence-corrected chi connectivity index (χ1v) is 9.29. The van der Waals surface area contributed by atoms with Crippen LogP contribution in [0.4, 0.5) is 0 Å². The van der Waals surface area contributed by atoms with Crippen molar-refractivity contribution in [3.63, 3.8) is 0 Å². The van der Waals surface area contributed by atoms with Crippen LogP contribution < -0.4 is 4.74 Å². The maximum absolute atomic E-state index is 11.6. The molecule has 1 aromatic carbocycles. The van der Waals surface area contributed by atoms with Crippen LogP contribution in [0, 0.1) is 0 Å². The lowest BCUT2D eigenvalue weighted by atomic mass is 10.2. The Labute approximate surface area is 133 Å². The van der Waals surface area contributed by atoms with Crippen LogP contribution in [0.1, 0.15) is 26.2 Å². The van der Waals surface area contributed by atoms with Gasteiger partial charge in [0.05, 0.1) is 11.5 Å². The third-order valence-corrected chi connectivity index (χ3v) is 4.60. The predicted molar refractivity (Wildman–Crippen MR) is 84.8 cm³/mol. The van der Waals surface area contributed by atoms with Crippen molar-refractivity contribution < 1.29 is 13.2 Å². The monoisotopic (exact) mass is 347 g/mol. The Kier molecular flexibility index (Phi) is 5.30. The minimum absolute atomic E-state index is 0.00393. The molecular formula is C14H15Cl2NO3S. The molecule has 1 heterocycles. The van der Waals surface area contributed by atoms with Gasteiger partial charge in [0.1, 0.15) is 16.4 Å². The van der Waals surface area contributed by atoms with E-state index in [9.17, 15) is 8.42 Å². The molecule has 0 spiro atoms. The molecule has 0 unspecified atom stereocenters. The molecule has 114 valence electrons. The number of halogens is 2. The zero-order chi connectivity index (χ0) is 15.5. The average molecular weight is 348 g/mol. The molecule has 0 bridgehead atoms. The lowest BCUT2D eigenvalue weighted by Gasteiger charge is -2.10. The van der Waals surface area contributed by atoms with Crippen molar-refractivity contribution >= 4 is 42.2 Å². The van der Waals surface area contributed by atoms with E-state index in [2.05, 4.69) is 11.9 Å². The number of benzene rings is 1. The van der Waals surface area contributed by atoms with Gasteiger partial charge in [-0.15, -0.1) is 0 Å². The average Bonchev–Trinajstić information content (AvgIpc) is 2.42. The number of aromatic nitrogens is 1. The normalized spacial score (nSPS) is 11.8. The smallest absolute Gasteiger partial charge is 0.261 e. The molecule has 0 radical (unpaired) electrons. The van der Waals surface area contributed by atoms with Crippen LogP contribution in [0.2, 0.25) is 5.15 Å². The number of rotatable bonds is 6. The predicted octanol–water partition coefficient (Wildman–Crippen LogP) is 4.38. The highest BCUT2D eigenvalue weighted by Crippen LogP contribution is 2.32. The molecule has 2 rings (SSSR count). The number of unbranched alkanes of at least 4 members (excludes halogenated alkanes) is 2. The standard InChI is InChI=1S/C14H15Cl2NO3S/c1-2-3-4-9-20-11-6-7-12(21(16,18)19)10-5-8-13(15)17-14(10)11/h5-8H,2-4,9H2,1H3. The number of fused-ring (bicyclic) bond motifs is 1. The minimum atomic E-state index is -3.85. The Morgan fingerprint density at radius 2 is 1.95 bits per heavy atom. The number of hydrogen-bond donors (Lipinski definition) is 0. The van der Waals surface area contributed by atoms with E-state index in [1.54, 1.807) is 12.1 Å². The third kappa shape index (κ3) is 3.99. The summed E-state index contributed by atoms with van der Waals surface area (Å²) in [6.07, 6.45) is 3.09. The van der Waals surface area contributed by atoms with Crippen LogP contribution in [0.3, 0.4) is 0 Å². The lowest BCUT2D eigenvalue weighted by molar-refractivity contribution is 0.309. The zero-order valence-corrected chi connectivity index (χ0v) is 13.8. The van der Waals surface area contributed by atoms with Crippen molar-refractivity contribution in [2.45, 2.75) is 31.1 Å². The van der Waals surface area contributed by atoms with E-state index in [0.717, 1.165) is 19.3 Å².